The third kappa shape index (κ3) is 4.38. The summed E-state index contributed by atoms with van der Waals surface area (Å²) in [5, 5.41) is 3.50. The molecule has 0 atom stereocenters. The molecule has 110 valence electrons. The normalized spacial score (nSPS) is 17.2. The highest BCUT2D eigenvalue weighted by Crippen LogP contribution is 2.30. The number of nitrogens with one attached hydrogen (secondary N) is 1. The minimum absolute atomic E-state index is 0.768. The maximum absolute atomic E-state index is 5.22. The van der Waals surface area contributed by atoms with E-state index in [0.717, 1.165) is 24.8 Å². The first-order valence-corrected chi connectivity index (χ1v) is 7.88. The van der Waals surface area contributed by atoms with E-state index in [1.807, 2.05) is 12.1 Å². The second kappa shape index (κ2) is 8.11. The van der Waals surface area contributed by atoms with Crippen LogP contribution in [-0.4, -0.2) is 20.2 Å². The molecule has 2 rings (SSSR count). The van der Waals surface area contributed by atoms with Gasteiger partial charge in [0, 0.05) is 6.54 Å². The fourth-order valence-electron chi connectivity index (χ4n) is 2.97. The highest BCUT2D eigenvalue weighted by atomic mass is 16.5. The molecule has 0 spiro atoms. The quantitative estimate of drug-likeness (QED) is 0.836. The molecule has 20 heavy (non-hydrogen) atoms. The van der Waals surface area contributed by atoms with E-state index in [1.54, 1.807) is 12.7 Å². The largest absolute Gasteiger partial charge is 0.497 e. The lowest BCUT2D eigenvalue weighted by molar-refractivity contribution is 0.397. The van der Waals surface area contributed by atoms with Crippen LogP contribution in [0.4, 0.5) is 0 Å². The SMILES string of the molecule is CCNC/C(=C/c1ccc(OC)cc1)C1CCCCC1. The predicted molar refractivity (Wildman–Crippen MR) is 86.1 cm³/mol. The molecule has 1 N–H and O–H groups in total. The second-order valence-corrected chi connectivity index (χ2v) is 5.61. The zero-order valence-electron chi connectivity index (χ0n) is 12.8. The zero-order valence-corrected chi connectivity index (χ0v) is 12.8. The molecule has 0 amide bonds. The Morgan fingerprint density at radius 3 is 2.50 bits per heavy atom. The molecule has 1 aromatic rings. The number of hydrogen-bond donors (Lipinski definition) is 1. The summed E-state index contributed by atoms with van der Waals surface area (Å²) >= 11 is 0. The summed E-state index contributed by atoms with van der Waals surface area (Å²) in [6.07, 6.45) is 9.26. The molecule has 0 bridgehead atoms. The van der Waals surface area contributed by atoms with E-state index < -0.39 is 0 Å². The van der Waals surface area contributed by atoms with Crippen molar-refractivity contribution in [3.8, 4) is 5.75 Å². The van der Waals surface area contributed by atoms with Crippen LogP contribution in [0.3, 0.4) is 0 Å². The molecular weight excluding hydrogens is 246 g/mol. The molecule has 0 aromatic heterocycles. The van der Waals surface area contributed by atoms with Gasteiger partial charge in [-0.05, 0) is 43.0 Å². The number of hydrogen-bond acceptors (Lipinski definition) is 2. The van der Waals surface area contributed by atoms with Crippen LogP contribution in [0.5, 0.6) is 5.75 Å². The first-order valence-electron chi connectivity index (χ1n) is 7.88. The molecule has 2 nitrogen and oxygen atoms in total. The Morgan fingerprint density at radius 2 is 1.90 bits per heavy atom. The van der Waals surface area contributed by atoms with Crippen LogP contribution in [0.15, 0.2) is 29.8 Å². The van der Waals surface area contributed by atoms with Crippen molar-refractivity contribution < 1.29 is 4.74 Å². The standard InChI is InChI=1S/C18H27NO/c1-3-19-14-17(16-7-5-4-6-8-16)13-15-9-11-18(20-2)12-10-15/h9-13,16,19H,3-8,14H2,1-2H3/b17-13-. The average Bonchev–Trinajstić information content (AvgIpc) is 2.53. The Hall–Kier alpha value is -1.28. The van der Waals surface area contributed by atoms with Gasteiger partial charge in [0.15, 0.2) is 0 Å². The second-order valence-electron chi connectivity index (χ2n) is 5.61. The van der Waals surface area contributed by atoms with Gasteiger partial charge in [-0.25, -0.2) is 0 Å². The topological polar surface area (TPSA) is 21.3 Å². The molecular formula is C18H27NO. The van der Waals surface area contributed by atoms with E-state index in [1.165, 1.54) is 37.7 Å². The van der Waals surface area contributed by atoms with Crippen molar-refractivity contribution in [1.82, 2.24) is 5.32 Å². The lowest BCUT2D eigenvalue weighted by atomic mass is 9.83. The van der Waals surface area contributed by atoms with Gasteiger partial charge in [0.1, 0.15) is 5.75 Å². The van der Waals surface area contributed by atoms with Crippen LogP contribution >= 0.6 is 0 Å². The summed E-state index contributed by atoms with van der Waals surface area (Å²) in [6, 6.07) is 8.37. The number of rotatable bonds is 6. The molecule has 0 unspecified atom stereocenters. The van der Waals surface area contributed by atoms with E-state index in [-0.39, 0.29) is 0 Å². The fourth-order valence-corrected chi connectivity index (χ4v) is 2.97. The van der Waals surface area contributed by atoms with Crippen molar-refractivity contribution >= 4 is 6.08 Å². The van der Waals surface area contributed by atoms with Crippen LogP contribution in [0.2, 0.25) is 0 Å². The van der Waals surface area contributed by atoms with Crippen molar-refractivity contribution in [3.05, 3.63) is 35.4 Å². The third-order valence-electron chi connectivity index (χ3n) is 4.18. The molecule has 0 saturated heterocycles. The Balaban J connectivity index is 2.12. The molecule has 1 aromatic carbocycles. The molecule has 2 heteroatoms. The maximum atomic E-state index is 5.22. The Kier molecular flexibility index (Phi) is 6.13. The van der Waals surface area contributed by atoms with Crippen LogP contribution in [0.25, 0.3) is 6.08 Å². The first-order chi connectivity index (χ1) is 9.83. The molecule has 1 aliphatic carbocycles. The monoisotopic (exact) mass is 273 g/mol. The Morgan fingerprint density at radius 1 is 1.20 bits per heavy atom. The number of likely N-dealkylation sites (N-methyl/N-ethyl adjacent to an activating group) is 1. The number of methoxy groups -OCH3 is 1. The van der Waals surface area contributed by atoms with Crippen molar-refractivity contribution in [2.24, 2.45) is 5.92 Å². The van der Waals surface area contributed by atoms with Gasteiger partial charge in [0.2, 0.25) is 0 Å². The van der Waals surface area contributed by atoms with Crippen molar-refractivity contribution in [2.75, 3.05) is 20.2 Å². The predicted octanol–water partition coefficient (Wildman–Crippen LogP) is 4.27. The summed E-state index contributed by atoms with van der Waals surface area (Å²) in [7, 11) is 1.71. The van der Waals surface area contributed by atoms with Crippen molar-refractivity contribution in [3.63, 3.8) is 0 Å². The molecule has 1 saturated carbocycles. The smallest absolute Gasteiger partial charge is 0.118 e. The average molecular weight is 273 g/mol. The van der Waals surface area contributed by atoms with Gasteiger partial charge in [-0.3, -0.25) is 0 Å². The van der Waals surface area contributed by atoms with Crippen LogP contribution < -0.4 is 10.1 Å². The van der Waals surface area contributed by atoms with Crippen molar-refractivity contribution in [2.45, 2.75) is 39.0 Å². The van der Waals surface area contributed by atoms with Crippen LogP contribution in [0, 0.1) is 5.92 Å². The van der Waals surface area contributed by atoms with Gasteiger partial charge in [0.25, 0.3) is 0 Å². The first kappa shape index (κ1) is 15.1. The summed E-state index contributed by atoms with van der Waals surface area (Å²) in [6.45, 7) is 4.23. The highest BCUT2D eigenvalue weighted by Gasteiger charge is 2.17. The van der Waals surface area contributed by atoms with Gasteiger partial charge in [-0.2, -0.15) is 0 Å². The lowest BCUT2D eigenvalue weighted by Crippen LogP contribution is -2.22. The summed E-state index contributed by atoms with van der Waals surface area (Å²) in [5.74, 6) is 1.69. The van der Waals surface area contributed by atoms with Gasteiger partial charge >= 0.3 is 0 Å². The molecule has 1 fully saturated rings. The summed E-state index contributed by atoms with van der Waals surface area (Å²) < 4.78 is 5.22. The fraction of sp³-hybridized carbons (Fsp3) is 0.556. The maximum Gasteiger partial charge on any atom is 0.118 e. The molecule has 0 heterocycles. The van der Waals surface area contributed by atoms with Gasteiger partial charge in [0.05, 0.1) is 7.11 Å². The number of ether oxygens (including phenoxy) is 1. The van der Waals surface area contributed by atoms with E-state index in [2.05, 4.69) is 30.4 Å². The summed E-state index contributed by atoms with van der Waals surface area (Å²) in [5.41, 5.74) is 2.85. The molecule has 0 radical (unpaired) electrons. The minimum Gasteiger partial charge on any atom is -0.497 e. The number of benzene rings is 1. The molecule has 0 aliphatic heterocycles. The third-order valence-corrected chi connectivity index (χ3v) is 4.18. The Bertz CT molecular complexity index is 416. The van der Waals surface area contributed by atoms with Crippen LogP contribution in [-0.2, 0) is 0 Å². The highest BCUT2D eigenvalue weighted by molar-refractivity contribution is 5.55. The zero-order chi connectivity index (χ0) is 14.2. The van der Waals surface area contributed by atoms with E-state index in [4.69, 9.17) is 4.74 Å². The van der Waals surface area contributed by atoms with E-state index in [0.29, 0.717) is 0 Å². The minimum atomic E-state index is 0.768. The van der Waals surface area contributed by atoms with Crippen LogP contribution in [0.1, 0.15) is 44.6 Å². The van der Waals surface area contributed by atoms with E-state index in [9.17, 15) is 0 Å². The van der Waals surface area contributed by atoms with Gasteiger partial charge in [-0.1, -0.05) is 50.0 Å². The van der Waals surface area contributed by atoms with Gasteiger partial charge in [-0.15, -0.1) is 0 Å². The summed E-state index contributed by atoms with van der Waals surface area (Å²) in [4.78, 5) is 0. The van der Waals surface area contributed by atoms with Gasteiger partial charge < -0.3 is 10.1 Å². The Labute approximate surface area is 123 Å². The van der Waals surface area contributed by atoms with Crippen molar-refractivity contribution in [1.29, 1.82) is 0 Å². The van der Waals surface area contributed by atoms with E-state index >= 15 is 0 Å². The molecule has 1 aliphatic rings. The lowest BCUT2D eigenvalue weighted by Gasteiger charge is -2.25.